The standard InChI is InChI=1S/C8H10O/c9-3-7-4-1-5-6(2-4)8(5)7/h3-8H,1-2H2. The molecule has 3 atom stereocenters. The highest BCUT2D eigenvalue weighted by Gasteiger charge is 2.68. The van der Waals surface area contributed by atoms with Crippen LogP contribution in [0.1, 0.15) is 12.8 Å². The largest absolute Gasteiger partial charge is 0.303 e. The Balaban J connectivity index is 2.02. The van der Waals surface area contributed by atoms with Crippen LogP contribution in [-0.2, 0) is 4.79 Å². The average molecular weight is 122 g/mol. The molecule has 0 spiro atoms. The van der Waals surface area contributed by atoms with Crippen molar-refractivity contribution in [1.82, 2.24) is 0 Å². The Morgan fingerprint density at radius 3 is 2.11 bits per heavy atom. The fraction of sp³-hybridized carbons (Fsp3) is 0.875. The molecule has 3 unspecified atom stereocenters. The Morgan fingerprint density at radius 1 is 1.22 bits per heavy atom. The molecule has 4 bridgehead atoms. The number of hydrogen-bond donors (Lipinski definition) is 0. The SMILES string of the molecule is O=CC1C2CC3C(C2)C13. The average Bonchev–Trinajstić information content (AvgIpc) is 2.40. The van der Waals surface area contributed by atoms with E-state index in [1.807, 2.05) is 0 Å². The van der Waals surface area contributed by atoms with Crippen molar-refractivity contribution in [2.24, 2.45) is 29.6 Å². The monoisotopic (exact) mass is 122 g/mol. The topological polar surface area (TPSA) is 17.1 Å². The quantitative estimate of drug-likeness (QED) is 0.476. The number of rotatable bonds is 1. The first-order chi connectivity index (χ1) is 4.42. The second kappa shape index (κ2) is 1.09. The lowest BCUT2D eigenvalue weighted by Gasteiger charge is -2.03. The summed E-state index contributed by atoms with van der Waals surface area (Å²) in [5.74, 6) is 4.20. The van der Waals surface area contributed by atoms with Gasteiger partial charge in [0.2, 0.25) is 0 Å². The minimum atomic E-state index is 0.500. The van der Waals surface area contributed by atoms with Crippen LogP contribution in [0.3, 0.4) is 0 Å². The van der Waals surface area contributed by atoms with Gasteiger partial charge in [-0.2, -0.15) is 0 Å². The van der Waals surface area contributed by atoms with Gasteiger partial charge in [-0.3, -0.25) is 0 Å². The maximum absolute atomic E-state index is 10.5. The first-order valence-corrected chi connectivity index (χ1v) is 3.87. The fourth-order valence-electron chi connectivity index (χ4n) is 3.34. The molecular weight excluding hydrogens is 112 g/mol. The van der Waals surface area contributed by atoms with E-state index in [4.69, 9.17) is 0 Å². The van der Waals surface area contributed by atoms with Crippen LogP contribution in [0.25, 0.3) is 0 Å². The minimum absolute atomic E-state index is 0.500. The maximum Gasteiger partial charge on any atom is 0.123 e. The van der Waals surface area contributed by atoms with E-state index in [0.29, 0.717) is 5.92 Å². The normalized spacial score (nSPS) is 66.4. The Hall–Kier alpha value is -0.330. The van der Waals surface area contributed by atoms with E-state index in [2.05, 4.69) is 0 Å². The zero-order valence-electron chi connectivity index (χ0n) is 5.29. The zero-order valence-corrected chi connectivity index (χ0v) is 5.29. The van der Waals surface area contributed by atoms with Crippen LogP contribution >= 0.6 is 0 Å². The highest BCUT2D eigenvalue weighted by atomic mass is 16.1. The number of carbonyl (C=O) groups excluding carboxylic acids is 1. The Labute approximate surface area is 54.4 Å². The molecule has 4 aliphatic carbocycles. The number of carbonyl (C=O) groups is 1. The molecule has 0 heterocycles. The third-order valence-corrected chi connectivity index (χ3v) is 3.69. The van der Waals surface area contributed by atoms with E-state index < -0.39 is 0 Å². The van der Waals surface area contributed by atoms with Crippen molar-refractivity contribution in [3.05, 3.63) is 0 Å². The van der Waals surface area contributed by atoms with Gasteiger partial charge in [0.25, 0.3) is 0 Å². The van der Waals surface area contributed by atoms with Crippen molar-refractivity contribution in [3.8, 4) is 0 Å². The van der Waals surface area contributed by atoms with Crippen LogP contribution in [0.5, 0.6) is 0 Å². The van der Waals surface area contributed by atoms with Crippen LogP contribution < -0.4 is 0 Å². The Morgan fingerprint density at radius 2 is 1.89 bits per heavy atom. The lowest BCUT2D eigenvalue weighted by molar-refractivity contribution is -0.112. The summed E-state index contributed by atoms with van der Waals surface area (Å²) >= 11 is 0. The van der Waals surface area contributed by atoms with Crippen LogP contribution in [0.2, 0.25) is 0 Å². The van der Waals surface area contributed by atoms with Gasteiger partial charge in [0.1, 0.15) is 6.29 Å². The lowest BCUT2D eigenvalue weighted by Crippen LogP contribution is -2.05. The predicted octanol–water partition coefficient (Wildman–Crippen LogP) is 1.09. The summed E-state index contributed by atoms with van der Waals surface area (Å²) in [5.41, 5.74) is 0. The van der Waals surface area contributed by atoms with Crippen molar-refractivity contribution in [2.75, 3.05) is 0 Å². The molecule has 0 N–H and O–H groups in total. The smallest absolute Gasteiger partial charge is 0.123 e. The molecule has 0 aromatic heterocycles. The second-order valence-electron chi connectivity index (χ2n) is 3.85. The zero-order chi connectivity index (χ0) is 6.01. The van der Waals surface area contributed by atoms with Gasteiger partial charge in [0, 0.05) is 5.92 Å². The van der Waals surface area contributed by atoms with Crippen molar-refractivity contribution in [2.45, 2.75) is 12.8 Å². The summed E-state index contributed by atoms with van der Waals surface area (Å²) in [6, 6.07) is 0. The van der Waals surface area contributed by atoms with Crippen LogP contribution in [0.4, 0.5) is 0 Å². The van der Waals surface area contributed by atoms with Crippen molar-refractivity contribution < 1.29 is 4.79 Å². The van der Waals surface area contributed by atoms with Crippen LogP contribution in [0.15, 0.2) is 0 Å². The maximum atomic E-state index is 10.5. The summed E-state index contributed by atoms with van der Waals surface area (Å²) < 4.78 is 0. The van der Waals surface area contributed by atoms with Gasteiger partial charge in [-0.25, -0.2) is 0 Å². The van der Waals surface area contributed by atoms with Gasteiger partial charge in [-0.15, -0.1) is 0 Å². The Kier molecular flexibility index (Phi) is 0.544. The summed E-state index contributed by atoms with van der Waals surface area (Å²) in [5, 5.41) is 0. The molecule has 48 valence electrons. The van der Waals surface area contributed by atoms with Crippen LogP contribution in [0, 0.1) is 29.6 Å². The van der Waals surface area contributed by atoms with Gasteiger partial charge in [0.05, 0.1) is 0 Å². The molecule has 0 aromatic rings. The van der Waals surface area contributed by atoms with E-state index >= 15 is 0 Å². The van der Waals surface area contributed by atoms with Crippen molar-refractivity contribution in [1.29, 1.82) is 0 Å². The highest BCUT2D eigenvalue weighted by Crippen LogP contribution is 2.72. The predicted molar refractivity (Wildman–Crippen MR) is 32.7 cm³/mol. The summed E-state index contributed by atoms with van der Waals surface area (Å²) in [7, 11) is 0. The number of aldehydes is 1. The molecule has 0 amide bonds. The van der Waals surface area contributed by atoms with Gasteiger partial charge < -0.3 is 4.79 Å². The van der Waals surface area contributed by atoms with Gasteiger partial charge in [0.15, 0.2) is 0 Å². The van der Waals surface area contributed by atoms with Crippen LogP contribution in [-0.4, -0.2) is 6.29 Å². The molecule has 4 fully saturated rings. The van der Waals surface area contributed by atoms with E-state index in [1.165, 1.54) is 19.1 Å². The lowest BCUT2D eigenvalue weighted by atomic mass is 10.0. The molecular formula is C8H10O. The summed E-state index contributed by atoms with van der Waals surface area (Å²) in [6.45, 7) is 0. The molecule has 0 radical (unpaired) electrons. The van der Waals surface area contributed by atoms with Gasteiger partial charge >= 0.3 is 0 Å². The Bertz CT molecular complexity index is 161. The van der Waals surface area contributed by atoms with E-state index in [-0.39, 0.29) is 0 Å². The fourth-order valence-corrected chi connectivity index (χ4v) is 3.34. The third kappa shape index (κ3) is 0.322. The molecule has 4 aliphatic rings. The molecule has 4 saturated carbocycles. The molecule has 0 saturated heterocycles. The third-order valence-electron chi connectivity index (χ3n) is 3.69. The van der Waals surface area contributed by atoms with Gasteiger partial charge in [-0.05, 0) is 36.5 Å². The molecule has 1 nitrogen and oxygen atoms in total. The molecule has 9 heavy (non-hydrogen) atoms. The van der Waals surface area contributed by atoms with E-state index in [9.17, 15) is 4.79 Å². The summed E-state index contributed by atoms with van der Waals surface area (Å²) in [6.07, 6.45) is 3.99. The van der Waals surface area contributed by atoms with Gasteiger partial charge in [-0.1, -0.05) is 0 Å². The summed E-state index contributed by atoms with van der Waals surface area (Å²) in [4.78, 5) is 10.5. The number of hydrogen-bond acceptors (Lipinski definition) is 1. The van der Waals surface area contributed by atoms with E-state index in [1.54, 1.807) is 0 Å². The van der Waals surface area contributed by atoms with Crippen molar-refractivity contribution in [3.63, 3.8) is 0 Å². The molecule has 0 aromatic carbocycles. The first kappa shape index (κ1) is 4.48. The molecule has 4 rings (SSSR count). The highest BCUT2D eigenvalue weighted by molar-refractivity contribution is 5.58. The molecule has 1 heteroatoms. The molecule has 0 aliphatic heterocycles. The first-order valence-electron chi connectivity index (χ1n) is 3.87. The van der Waals surface area contributed by atoms with Crippen molar-refractivity contribution >= 4 is 6.29 Å². The second-order valence-corrected chi connectivity index (χ2v) is 3.85. The minimum Gasteiger partial charge on any atom is -0.303 e. The van der Waals surface area contributed by atoms with E-state index in [0.717, 1.165) is 23.7 Å².